The van der Waals surface area contributed by atoms with E-state index in [1.807, 2.05) is 0 Å². The quantitative estimate of drug-likeness (QED) is 0.270. The van der Waals surface area contributed by atoms with E-state index in [4.69, 9.17) is 5.26 Å². The second kappa shape index (κ2) is 5.92. The van der Waals surface area contributed by atoms with Gasteiger partial charge in [-0.15, -0.1) is 0 Å². The van der Waals surface area contributed by atoms with Crippen LogP contribution < -0.4 is 5.32 Å². The molecule has 0 saturated carbocycles. The Labute approximate surface area is 69.6 Å². The number of nitrogens with one attached hydrogen (secondary N) is 1. The lowest BCUT2D eigenvalue weighted by molar-refractivity contribution is -0.135. The second-order valence-electron chi connectivity index (χ2n) is 1.86. The van der Waals surface area contributed by atoms with Crippen molar-refractivity contribution in [3.05, 3.63) is 11.8 Å². The number of carbonyl (C=O) groups excluding carboxylic acids is 2. The third kappa shape index (κ3) is 4.99. The van der Waals surface area contributed by atoms with Crippen molar-refractivity contribution in [1.29, 1.82) is 5.26 Å². The zero-order valence-corrected chi connectivity index (χ0v) is 6.53. The van der Waals surface area contributed by atoms with Crippen LogP contribution in [0.4, 0.5) is 0 Å². The van der Waals surface area contributed by atoms with Crippen molar-refractivity contribution in [1.82, 2.24) is 5.32 Å². The predicted octanol–water partition coefficient (Wildman–Crippen LogP) is -0.297. The minimum Gasteiger partial charge on any atom is -0.434 e. The predicted molar refractivity (Wildman–Crippen MR) is 39.5 cm³/mol. The Balaban J connectivity index is 3.97. The lowest BCUT2D eigenvalue weighted by Gasteiger charge is -1.95. The molecule has 0 radical (unpaired) electrons. The molecule has 0 spiro atoms. The normalized spacial score (nSPS) is 9.83. The van der Waals surface area contributed by atoms with Crippen molar-refractivity contribution >= 4 is 12.4 Å². The highest BCUT2D eigenvalue weighted by Crippen LogP contribution is 1.90. The van der Waals surface area contributed by atoms with Crippen molar-refractivity contribution in [2.75, 3.05) is 6.54 Å². The Hall–Kier alpha value is -1.83. The lowest BCUT2D eigenvalue weighted by atomic mass is 10.3. The Morgan fingerprint density at radius 2 is 2.42 bits per heavy atom. The molecule has 1 amide bonds. The van der Waals surface area contributed by atoms with Gasteiger partial charge in [0.1, 0.15) is 6.26 Å². The van der Waals surface area contributed by atoms with Crippen LogP contribution in [-0.4, -0.2) is 18.9 Å². The Bertz CT molecular complexity index is 240. The highest BCUT2D eigenvalue weighted by molar-refractivity contribution is 5.66. The average Bonchev–Trinajstić information content (AvgIpc) is 2.05. The van der Waals surface area contributed by atoms with E-state index in [1.54, 1.807) is 6.07 Å². The van der Waals surface area contributed by atoms with Gasteiger partial charge in [0.25, 0.3) is 0 Å². The van der Waals surface area contributed by atoms with Crippen LogP contribution in [-0.2, 0) is 14.3 Å². The summed E-state index contributed by atoms with van der Waals surface area (Å²) in [6.45, 7) is 1.28. The van der Waals surface area contributed by atoms with Crippen molar-refractivity contribution in [2.24, 2.45) is 0 Å². The third-order valence-electron chi connectivity index (χ3n) is 0.887. The van der Waals surface area contributed by atoms with Gasteiger partial charge in [-0.3, -0.25) is 9.59 Å². The minimum absolute atomic E-state index is 0.0628. The molecule has 1 N–H and O–H groups in total. The summed E-state index contributed by atoms with van der Waals surface area (Å²) in [6, 6.07) is 1.75. The first-order valence-electron chi connectivity index (χ1n) is 3.14. The van der Waals surface area contributed by atoms with E-state index < -0.39 is 5.97 Å². The number of nitrogens with zero attached hydrogens (tertiary/aromatic N) is 1. The van der Waals surface area contributed by atoms with Gasteiger partial charge in [0, 0.05) is 6.92 Å². The number of hydrogen-bond acceptors (Lipinski definition) is 4. The molecule has 64 valence electrons. The van der Waals surface area contributed by atoms with Gasteiger partial charge >= 0.3 is 5.97 Å². The molecule has 0 heterocycles. The minimum atomic E-state index is -0.506. The molecule has 0 aliphatic carbocycles. The molecule has 5 heteroatoms. The number of amides is 1. The SMILES string of the molecule is CC(=O)OC=C(C#N)CNC=O. The standard InChI is InChI=1S/C7H8N2O3/c1-6(11)12-4-7(2-8)3-9-5-10/h4-5H,3H2,1H3,(H,9,10). The van der Waals surface area contributed by atoms with Crippen molar-refractivity contribution in [3.8, 4) is 6.07 Å². The summed E-state index contributed by atoms with van der Waals surface area (Å²) in [5.74, 6) is -0.506. The number of ether oxygens (including phenoxy) is 1. The zero-order valence-electron chi connectivity index (χ0n) is 6.53. The lowest BCUT2D eigenvalue weighted by Crippen LogP contribution is -2.14. The molecule has 0 bridgehead atoms. The Kier molecular flexibility index (Phi) is 5.02. The Morgan fingerprint density at radius 3 is 2.83 bits per heavy atom. The summed E-state index contributed by atoms with van der Waals surface area (Å²) in [6.07, 6.45) is 1.47. The van der Waals surface area contributed by atoms with Crippen molar-refractivity contribution in [2.45, 2.75) is 6.92 Å². The van der Waals surface area contributed by atoms with E-state index in [9.17, 15) is 9.59 Å². The molecule has 0 fully saturated rings. The van der Waals surface area contributed by atoms with Gasteiger partial charge in [-0.1, -0.05) is 0 Å². The molecule has 0 aromatic rings. The summed E-state index contributed by atoms with van der Waals surface area (Å²) in [5.41, 5.74) is 0.178. The van der Waals surface area contributed by atoms with Gasteiger partial charge in [0.2, 0.25) is 6.41 Å². The summed E-state index contributed by atoms with van der Waals surface area (Å²) >= 11 is 0. The molecule has 0 aliphatic heterocycles. The third-order valence-corrected chi connectivity index (χ3v) is 0.887. The molecule has 0 saturated heterocycles. The topological polar surface area (TPSA) is 79.2 Å². The van der Waals surface area contributed by atoms with Crippen LogP contribution in [0.25, 0.3) is 0 Å². The summed E-state index contributed by atoms with van der Waals surface area (Å²) in [5, 5.41) is 10.7. The van der Waals surface area contributed by atoms with Gasteiger partial charge in [-0.2, -0.15) is 5.26 Å². The number of carbonyl (C=O) groups is 2. The fourth-order valence-electron chi connectivity index (χ4n) is 0.413. The first kappa shape index (κ1) is 10.2. The maximum absolute atomic E-state index is 10.3. The number of nitriles is 1. The van der Waals surface area contributed by atoms with E-state index in [2.05, 4.69) is 10.1 Å². The van der Waals surface area contributed by atoms with Crippen LogP contribution in [0.1, 0.15) is 6.92 Å². The molecule has 0 rings (SSSR count). The largest absolute Gasteiger partial charge is 0.434 e. The van der Waals surface area contributed by atoms with Gasteiger partial charge in [-0.05, 0) is 0 Å². The van der Waals surface area contributed by atoms with E-state index in [1.165, 1.54) is 6.92 Å². The molecule has 0 aromatic heterocycles. The molecular weight excluding hydrogens is 160 g/mol. The second-order valence-corrected chi connectivity index (χ2v) is 1.86. The molecule has 12 heavy (non-hydrogen) atoms. The van der Waals surface area contributed by atoms with Crippen LogP contribution in [0.5, 0.6) is 0 Å². The van der Waals surface area contributed by atoms with E-state index in [-0.39, 0.29) is 12.1 Å². The molecule has 0 aliphatic rings. The first-order valence-corrected chi connectivity index (χ1v) is 3.14. The smallest absolute Gasteiger partial charge is 0.307 e. The highest BCUT2D eigenvalue weighted by Gasteiger charge is 1.95. The first-order chi connectivity index (χ1) is 5.70. The molecule has 0 aromatic carbocycles. The zero-order chi connectivity index (χ0) is 9.40. The fourth-order valence-corrected chi connectivity index (χ4v) is 0.413. The monoisotopic (exact) mass is 168 g/mol. The van der Waals surface area contributed by atoms with Crippen molar-refractivity contribution in [3.63, 3.8) is 0 Å². The van der Waals surface area contributed by atoms with Crippen LogP contribution in [0.15, 0.2) is 11.8 Å². The highest BCUT2D eigenvalue weighted by atomic mass is 16.5. The van der Waals surface area contributed by atoms with E-state index >= 15 is 0 Å². The van der Waals surface area contributed by atoms with Crippen LogP contribution in [0, 0.1) is 11.3 Å². The summed E-state index contributed by atoms with van der Waals surface area (Å²) < 4.78 is 4.41. The summed E-state index contributed by atoms with van der Waals surface area (Å²) in [4.78, 5) is 20.1. The van der Waals surface area contributed by atoms with Crippen LogP contribution >= 0.6 is 0 Å². The van der Waals surface area contributed by atoms with Crippen LogP contribution in [0.2, 0.25) is 0 Å². The number of esters is 1. The Morgan fingerprint density at radius 1 is 1.75 bits per heavy atom. The van der Waals surface area contributed by atoms with Crippen LogP contribution in [0.3, 0.4) is 0 Å². The summed E-state index contributed by atoms with van der Waals surface area (Å²) in [7, 11) is 0. The number of hydrogen-bond donors (Lipinski definition) is 1. The van der Waals surface area contributed by atoms with E-state index in [0.29, 0.717) is 6.41 Å². The van der Waals surface area contributed by atoms with Gasteiger partial charge in [0.05, 0.1) is 18.2 Å². The number of rotatable bonds is 4. The fraction of sp³-hybridized carbons (Fsp3) is 0.286. The van der Waals surface area contributed by atoms with E-state index in [0.717, 1.165) is 6.26 Å². The molecule has 0 atom stereocenters. The maximum atomic E-state index is 10.3. The molecule has 0 unspecified atom stereocenters. The van der Waals surface area contributed by atoms with Gasteiger partial charge < -0.3 is 10.1 Å². The maximum Gasteiger partial charge on any atom is 0.307 e. The van der Waals surface area contributed by atoms with Crippen molar-refractivity contribution < 1.29 is 14.3 Å². The van der Waals surface area contributed by atoms with Gasteiger partial charge in [-0.25, -0.2) is 0 Å². The molecular formula is C7H8N2O3. The average molecular weight is 168 g/mol. The molecule has 5 nitrogen and oxygen atoms in total. The van der Waals surface area contributed by atoms with Gasteiger partial charge in [0.15, 0.2) is 0 Å².